The Morgan fingerprint density at radius 3 is 1.97 bits per heavy atom. The van der Waals surface area contributed by atoms with Crippen LogP contribution in [-0.4, -0.2) is 47.3 Å². The number of nitro groups is 2. The minimum Gasteiger partial charge on any atom is -0.493 e. The van der Waals surface area contributed by atoms with Crippen LogP contribution in [0.5, 0.6) is 5.88 Å². The van der Waals surface area contributed by atoms with E-state index in [-0.39, 0.29) is 12.5 Å². The second kappa shape index (κ2) is 8.30. The molecule has 1 aromatic heterocycles. The van der Waals surface area contributed by atoms with E-state index >= 15 is 0 Å². The maximum atomic E-state index is 13.0. The van der Waals surface area contributed by atoms with Gasteiger partial charge in [-0.15, -0.1) is 10.2 Å². The third kappa shape index (κ3) is 3.59. The predicted molar refractivity (Wildman–Crippen MR) is 113 cm³/mol. The number of fused-ring (bicyclic) bond motifs is 1. The Morgan fingerprint density at radius 2 is 1.44 bits per heavy atom. The molecule has 0 spiro atoms. The highest BCUT2D eigenvalue weighted by Gasteiger charge is 2.46. The normalized spacial score (nSPS) is 13.3. The number of rotatable bonds is 6. The number of carbonyl (C=O) groups excluding carboxylic acids is 2. The van der Waals surface area contributed by atoms with Gasteiger partial charge in [0.2, 0.25) is 11.6 Å². The van der Waals surface area contributed by atoms with Gasteiger partial charge in [-0.25, -0.2) is 4.79 Å². The molecule has 16 heteroatoms. The number of aromatic nitrogens is 2. The van der Waals surface area contributed by atoms with Crippen LogP contribution in [0.4, 0.5) is 22.7 Å². The first-order valence-electron chi connectivity index (χ1n) is 9.56. The zero-order valence-corrected chi connectivity index (χ0v) is 18.2. The first-order valence-corrected chi connectivity index (χ1v) is 9.56. The van der Waals surface area contributed by atoms with Crippen molar-refractivity contribution in [3.8, 4) is 5.88 Å². The van der Waals surface area contributed by atoms with Crippen LogP contribution in [0.2, 0.25) is 0 Å². The Hall–Kier alpha value is -4.76. The highest BCUT2D eigenvalue weighted by atomic mass is 16.6. The van der Waals surface area contributed by atoms with E-state index in [1.807, 2.05) is 0 Å². The molecule has 178 valence electrons. The lowest BCUT2D eigenvalue weighted by Crippen LogP contribution is -2.36. The van der Waals surface area contributed by atoms with E-state index in [1.165, 1.54) is 0 Å². The monoisotopic (exact) mass is 475 g/mol. The number of amides is 2. The quantitative estimate of drug-likeness (QED) is 0.275. The van der Waals surface area contributed by atoms with E-state index < -0.39 is 72.7 Å². The Kier molecular flexibility index (Phi) is 5.83. The van der Waals surface area contributed by atoms with Gasteiger partial charge in [0.25, 0.3) is 23.1 Å². The second-order valence-corrected chi connectivity index (χ2v) is 7.72. The molecule has 3 rings (SSSR count). The minimum absolute atomic E-state index is 0.129. The van der Waals surface area contributed by atoms with E-state index in [0.717, 1.165) is 14.1 Å². The summed E-state index contributed by atoms with van der Waals surface area (Å²) in [6.07, 6.45) is 0. The number of carbonyl (C=O) groups is 2. The maximum absolute atomic E-state index is 13.0. The lowest BCUT2D eigenvalue weighted by Gasteiger charge is -2.15. The molecule has 2 amide bonds. The molecule has 1 N–H and O–H groups in total. The molecule has 0 saturated heterocycles. The molecular formula is C18H17N7O9. The highest BCUT2D eigenvalue weighted by Crippen LogP contribution is 2.44. The molecular weight excluding hydrogens is 458 g/mol. The topological polar surface area (TPSA) is 213 Å². The number of nitrogens with zero attached hydrogens (tertiary/aromatic N) is 7. The van der Waals surface area contributed by atoms with Gasteiger partial charge in [-0.1, -0.05) is 13.8 Å². The predicted octanol–water partition coefficient (Wildman–Crippen LogP) is 1.27. The number of hydrogen-bond acceptors (Lipinski definition) is 11. The number of nitro benzene ring substituents is 2. The van der Waals surface area contributed by atoms with E-state index in [2.05, 4.69) is 10.2 Å². The molecule has 1 aromatic carbocycles. The average Bonchev–Trinajstić information content (AvgIpc) is 3.00. The smallest absolute Gasteiger partial charge is 0.333 e. The lowest BCUT2D eigenvalue weighted by atomic mass is 10.0. The van der Waals surface area contributed by atoms with Crippen molar-refractivity contribution in [3.63, 3.8) is 0 Å². The van der Waals surface area contributed by atoms with Crippen LogP contribution in [0.25, 0.3) is 0 Å². The SMILES string of the molecule is CC(C)CN1C(=O)c2c([N+](=O)[O-])cc([N+](=O)[O-])c(N=Nc3c(O)n(C)c(=O)n(C)c3=O)c2C1=O. The molecule has 16 nitrogen and oxygen atoms in total. The zero-order chi connectivity index (χ0) is 25.6. The fourth-order valence-corrected chi connectivity index (χ4v) is 3.35. The molecule has 2 heterocycles. The van der Waals surface area contributed by atoms with Crippen LogP contribution in [0.15, 0.2) is 25.9 Å². The van der Waals surface area contributed by atoms with Gasteiger partial charge < -0.3 is 5.11 Å². The summed E-state index contributed by atoms with van der Waals surface area (Å²) in [6, 6.07) is 0.468. The average molecular weight is 475 g/mol. The van der Waals surface area contributed by atoms with Gasteiger partial charge in [-0.05, 0) is 5.92 Å². The number of imide groups is 1. The fraction of sp³-hybridized carbons (Fsp3) is 0.333. The third-order valence-corrected chi connectivity index (χ3v) is 4.98. The molecule has 0 bridgehead atoms. The third-order valence-electron chi connectivity index (χ3n) is 4.98. The maximum Gasteiger partial charge on any atom is 0.333 e. The number of hydrogen-bond donors (Lipinski definition) is 1. The van der Waals surface area contributed by atoms with E-state index in [1.54, 1.807) is 13.8 Å². The molecule has 34 heavy (non-hydrogen) atoms. The molecule has 0 radical (unpaired) electrons. The molecule has 0 saturated carbocycles. The van der Waals surface area contributed by atoms with Crippen LogP contribution >= 0.6 is 0 Å². The Bertz CT molecular complexity index is 1430. The van der Waals surface area contributed by atoms with Crippen molar-refractivity contribution in [2.75, 3.05) is 6.54 Å². The van der Waals surface area contributed by atoms with E-state index in [4.69, 9.17) is 0 Å². The van der Waals surface area contributed by atoms with Crippen LogP contribution in [0, 0.1) is 26.1 Å². The molecule has 0 fully saturated rings. The van der Waals surface area contributed by atoms with E-state index in [0.29, 0.717) is 20.1 Å². The molecule has 2 aromatic rings. The summed E-state index contributed by atoms with van der Waals surface area (Å²) in [4.78, 5) is 71.9. The second-order valence-electron chi connectivity index (χ2n) is 7.72. The molecule has 0 atom stereocenters. The summed E-state index contributed by atoms with van der Waals surface area (Å²) in [5, 5.41) is 40.4. The van der Waals surface area contributed by atoms with Crippen LogP contribution < -0.4 is 11.2 Å². The van der Waals surface area contributed by atoms with Gasteiger partial charge in [-0.2, -0.15) is 0 Å². The van der Waals surface area contributed by atoms with Crippen LogP contribution in [-0.2, 0) is 14.1 Å². The summed E-state index contributed by atoms with van der Waals surface area (Å²) in [7, 11) is 2.20. The molecule has 0 aliphatic carbocycles. The Labute approximate surface area is 188 Å². The summed E-state index contributed by atoms with van der Waals surface area (Å²) >= 11 is 0. The van der Waals surface area contributed by atoms with Crippen molar-refractivity contribution in [1.82, 2.24) is 14.0 Å². The van der Waals surface area contributed by atoms with Crippen molar-refractivity contribution < 1.29 is 24.5 Å². The zero-order valence-electron chi connectivity index (χ0n) is 18.2. The van der Waals surface area contributed by atoms with Crippen molar-refractivity contribution >= 4 is 34.6 Å². The first kappa shape index (κ1) is 23.9. The van der Waals surface area contributed by atoms with Crippen LogP contribution in [0.1, 0.15) is 34.6 Å². The van der Waals surface area contributed by atoms with Gasteiger partial charge in [0.1, 0.15) is 5.56 Å². The van der Waals surface area contributed by atoms with Gasteiger partial charge >= 0.3 is 11.4 Å². The van der Waals surface area contributed by atoms with Crippen LogP contribution in [0.3, 0.4) is 0 Å². The van der Waals surface area contributed by atoms with Crippen molar-refractivity contribution in [3.05, 3.63) is 58.3 Å². The number of benzene rings is 1. The van der Waals surface area contributed by atoms with Crippen molar-refractivity contribution in [1.29, 1.82) is 0 Å². The van der Waals surface area contributed by atoms with Crippen molar-refractivity contribution in [2.24, 2.45) is 30.2 Å². The largest absolute Gasteiger partial charge is 0.493 e. The Morgan fingerprint density at radius 1 is 0.912 bits per heavy atom. The van der Waals surface area contributed by atoms with E-state index in [9.17, 15) is 44.5 Å². The summed E-state index contributed by atoms with van der Waals surface area (Å²) in [5.41, 5.74) is -7.02. The van der Waals surface area contributed by atoms with Gasteiger partial charge in [-0.3, -0.25) is 48.6 Å². The molecule has 0 unspecified atom stereocenters. The summed E-state index contributed by atoms with van der Waals surface area (Å²) in [6.45, 7) is 3.23. The van der Waals surface area contributed by atoms with Gasteiger partial charge in [0.05, 0.1) is 21.5 Å². The molecule has 1 aliphatic heterocycles. The summed E-state index contributed by atoms with van der Waals surface area (Å²) < 4.78 is 1.24. The lowest BCUT2D eigenvalue weighted by molar-refractivity contribution is -0.393. The highest BCUT2D eigenvalue weighted by molar-refractivity contribution is 6.26. The number of aromatic hydroxyl groups is 1. The molecule has 1 aliphatic rings. The first-order chi connectivity index (χ1) is 15.8. The van der Waals surface area contributed by atoms with Gasteiger partial charge in [0, 0.05) is 20.6 Å². The van der Waals surface area contributed by atoms with Gasteiger partial charge in [0.15, 0.2) is 5.69 Å². The number of azo groups is 1. The minimum atomic E-state index is -1.10. The fourth-order valence-electron chi connectivity index (χ4n) is 3.35. The standard InChI is InChI=1S/C18H17N7O9/c1-7(2)6-23-14(26)10-8(24(31)32)5-9(25(33)34)12(11(10)15(23)27)19-20-13-16(28)21(3)18(30)22(4)17(13)29/h5,7,28H,6H2,1-4H3. The summed E-state index contributed by atoms with van der Waals surface area (Å²) in [5.74, 6) is -3.24. The van der Waals surface area contributed by atoms with Crippen molar-refractivity contribution in [2.45, 2.75) is 13.8 Å². The Balaban J connectivity index is 2.37.